The molecule has 0 amide bonds. The number of benzene rings is 1. The van der Waals surface area contributed by atoms with Crippen LogP contribution in [0.4, 0.5) is 11.4 Å². The first-order chi connectivity index (χ1) is 16.1. The van der Waals surface area contributed by atoms with Crippen molar-refractivity contribution in [1.29, 1.82) is 0 Å². The van der Waals surface area contributed by atoms with Gasteiger partial charge in [-0.05, 0) is 37.8 Å². The van der Waals surface area contributed by atoms with E-state index in [9.17, 15) is 9.00 Å². The Hall–Kier alpha value is -1.90. The van der Waals surface area contributed by atoms with Crippen molar-refractivity contribution in [3.8, 4) is 0 Å². The van der Waals surface area contributed by atoms with E-state index in [4.69, 9.17) is 16.3 Å². The van der Waals surface area contributed by atoms with Crippen LogP contribution in [-0.2, 0) is 15.5 Å². The first-order valence-electron chi connectivity index (χ1n) is 11.9. The van der Waals surface area contributed by atoms with Crippen LogP contribution >= 0.6 is 11.6 Å². The number of hydrogen-bond donors (Lipinski definition) is 2. The SMILES string of the molecule is O=c1[nH]ncc(NCC2COCCS2=O)c1Cl.c1ccc(N(C2CCCCC2)C2CC2)cc1. The standard InChI is InChI=1S/C15H21N.C9H12ClN3O3S/c1-3-7-13(8-4-1)16(15-11-12-15)14-9-5-2-6-10-14;10-8-7(4-12-13-9(8)14)11-3-6-5-16-1-2-17(6)15/h1,3-4,7-8,14-15H,2,5-6,9-12H2;4,6H,1-3,5H2,(H2,11,13,14). The Morgan fingerprint density at radius 3 is 2.55 bits per heavy atom. The fourth-order valence-corrected chi connectivity index (χ4v) is 5.80. The van der Waals surface area contributed by atoms with Gasteiger partial charge in [-0.1, -0.05) is 49.1 Å². The van der Waals surface area contributed by atoms with Gasteiger partial charge in [0.25, 0.3) is 5.56 Å². The second-order valence-electron chi connectivity index (χ2n) is 8.86. The summed E-state index contributed by atoms with van der Waals surface area (Å²) in [6.45, 7) is 1.43. The maximum absolute atomic E-state index is 11.6. The molecule has 2 N–H and O–H groups in total. The molecule has 2 aromatic rings. The Balaban J connectivity index is 0.000000157. The zero-order valence-electron chi connectivity index (χ0n) is 18.9. The first-order valence-corrected chi connectivity index (χ1v) is 13.6. The van der Waals surface area contributed by atoms with Crippen molar-refractivity contribution in [3.63, 3.8) is 0 Å². The molecule has 7 nitrogen and oxygen atoms in total. The van der Waals surface area contributed by atoms with Gasteiger partial charge >= 0.3 is 0 Å². The lowest BCUT2D eigenvalue weighted by Crippen LogP contribution is -2.38. The van der Waals surface area contributed by atoms with Gasteiger partial charge in [0.2, 0.25) is 0 Å². The van der Waals surface area contributed by atoms with Crippen LogP contribution in [0, 0.1) is 0 Å². The van der Waals surface area contributed by atoms with Gasteiger partial charge in [0.1, 0.15) is 5.02 Å². The summed E-state index contributed by atoms with van der Waals surface area (Å²) in [6.07, 6.45) is 11.4. The van der Waals surface area contributed by atoms with Crippen molar-refractivity contribution in [2.24, 2.45) is 0 Å². The van der Waals surface area contributed by atoms with Gasteiger partial charge in [-0.3, -0.25) is 9.00 Å². The van der Waals surface area contributed by atoms with Crippen LogP contribution in [0.25, 0.3) is 0 Å². The molecular weight excluding hydrogens is 460 g/mol. The van der Waals surface area contributed by atoms with Crippen molar-refractivity contribution in [2.75, 3.05) is 35.7 Å². The molecule has 2 unspecified atom stereocenters. The molecule has 0 spiro atoms. The minimum atomic E-state index is -0.901. The lowest BCUT2D eigenvalue weighted by Gasteiger charge is -2.36. The van der Waals surface area contributed by atoms with Crippen molar-refractivity contribution >= 4 is 33.8 Å². The monoisotopic (exact) mass is 492 g/mol. The minimum absolute atomic E-state index is 0.0579. The topological polar surface area (TPSA) is 87.3 Å². The van der Waals surface area contributed by atoms with Gasteiger partial charge in [0.15, 0.2) is 0 Å². The molecular formula is C24H33ClN4O3S. The number of hydrogen-bond acceptors (Lipinski definition) is 6. The van der Waals surface area contributed by atoms with Gasteiger partial charge in [0, 0.05) is 40.9 Å². The number of aromatic nitrogens is 2. The number of H-pyrrole nitrogens is 1. The third-order valence-corrected chi connectivity index (χ3v) is 8.37. The molecule has 1 aromatic carbocycles. The summed E-state index contributed by atoms with van der Waals surface area (Å²) in [5.41, 5.74) is 1.45. The third-order valence-electron chi connectivity index (χ3n) is 6.38. The molecule has 2 heterocycles. The van der Waals surface area contributed by atoms with E-state index in [1.165, 1.54) is 56.8 Å². The number of anilines is 2. The van der Waals surface area contributed by atoms with Gasteiger partial charge in [-0.25, -0.2) is 5.10 Å². The minimum Gasteiger partial charge on any atom is -0.381 e. The van der Waals surface area contributed by atoms with Crippen molar-refractivity contribution in [1.82, 2.24) is 10.2 Å². The lowest BCUT2D eigenvalue weighted by atomic mass is 9.93. The molecule has 1 aliphatic heterocycles. The van der Waals surface area contributed by atoms with Gasteiger partial charge < -0.3 is 15.0 Å². The van der Waals surface area contributed by atoms with Crippen LogP contribution in [-0.4, -0.2) is 57.3 Å². The third kappa shape index (κ3) is 6.80. The van der Waals surface area contributed by atoms with E-state index in [0.29, 0.717) is 31.2 Å². The molecule has 2 atom stereocenters. The summed E-state index contributed by atoms with van der Waals surface area (Å²) in [4.78, 5) is 13.9. The van der Waals surface area contributed by atoms with Crippen LogP contribution in [0.15, 0.2) is 41.3 Å². The second kappa shape index (κ2) is 12.0. The highest BCUT2D eigenvalue weighted by Crippen LogP contribution is 2.37. The predicted octanol–water partition coefficient (Wildman–Crippen LogP) is 3.97. The number of para-hydroxylation sites is 1. The van der Waals surface area contributed by atoms with Gasteiger partial charge in [-0.15, -0.1) is 0 Å². The van der Waals surface area contributed by atoms with Crippen LogP contribution in [0.2, 0.25) is 5.02 Å². The molecule has 1 saturated heterocycles. The Morgan fingerprint density at radius 1 is 1.12 bits per heavy atom. The zero-order valence-corrected chi connectivity index (χ0v) is 20.5. The summed E-state index contributed by atoms with van der Waals surface area (Å²) < 4.78 is 16.9. The predicted molar refractivity (Wildman–Crippen MR) is 135 cm³/mol. The van der Waals surface area contributed by atoms with Crippen molar-refractivity contribution in [2.45, 2.75) is 62.3 Å². The number of nitrogens with zero attached hydrogens (tertiary/aromatic N) is 2. The van der Waals surface area contributed by atoms with Crippen LogP contribution in [0.1, 0.15) is 44.9 Å². The first kappa shape index (κ1) is 24.2. The molecule has 2 saturated carbocycles. The Kier molecular flexibility index (Phi) is 8.81. The number of halogens is 1. The van der Waals surface area contributed by atoms with E-state index in [2.05, 4.69) is 50.7 Å². The van der Waals surface area contributed by atoms with Gasteiger partial charge in [-0.2, -0.15) is 5.10 Å². The fourth-order valence-electron chi connectivity index (χ4n) is 4.51. The normalized spacial score (nSPS) is 23.3. The summed E-state index contributed by atoms with van der Waals surface area (Å²) in [5, 5.41) is 8.80. The molecule has 33 heavy (non-hydrogen) atoms. The molecule has 0 radical (unpaired) electrons. The van der Waals surface area contributed by atoms with E-state index in [-0.39, 0.29) is 10.3 Å². The molecule has 0 bridgehead atoms. The van der Waals surface area contributed by atoms with E-state index in [1.807, 2.05) is 0 Å². The molecule has 1 aromatic heterocycles. The van der Waals surface area contributed by atoms with Crippen LogP contribution in [0.5, 0.6) is 0 Å². The van der Waals surface area contributed by atoms with E-state index >= 15 is 0 Å². The summed E-state index contributed by atoms with van der Waals surface area (Å²) in [6, 6.07) is 12.7. The van der Waals surface area contributed by atoms with Crippen LogP contribution in [0.3, 0.4) is 0 Å². The molecule has 5 rings (SSSR count). The van der Waals surface area contributed by atoms with Gasteiger partial charge in [0.05, 0.1) is 30.3 Å². The average molecular weight is 493 g/mol. The second-order valence-corrected chi connectivity index (χ2v) is 11.1. The van der Waals surface area contributed by atoms with Crippen LogP contribution < -0.4 is 15.8 Å². The van der Waals surface area contributed by atoms with Crippen molar-refractivity contribution in [3.05, 3.63) is 51.9 Å². The molecule has 180 valence electrons. The Bertz CT molecular complexity index is 964. The summed E-state index contributed by atoms with van der Waals surface area (Å²) in [7, 11) is -0.901. The smallest absolute Gasteiger partial charge is 0.285 e. The van der Waals surface area contributed by atoms with E-state index < -0.39 is 16.4 Å². The van der Waals surface area contributed by atoms with Crippen molar-refractivity contribution < 1.29 is 8.95 Å². The number of nitrogens with one attached hydrogen (secondary N) is 2. The number of rotatable bonds is 6. The Morgan fingerprint density at radius 2 is 1.85 bits per heavy atom. The number of aromatic amines is 1. The molecule has 3 aliphatic rings. The quantitative estimate of drug-likeness (QED) is 0.634. The fraction of sp³-hybridized carbons (Fsp3) is 0.583. The molecule has 2 aliphatic carbocycles. The van der Waals surface area contributed by atoms with E-state index in [0.717, 1.165) is 12.1 Å². The van der Waals surface area contributed by atoms with E-state index in [1.54, 1.807) is 0 Å². The highest BCUT2D eigenvalue weighted by molar-refractivity contribution is 7.85. The molecule has 9 heteroatoms. The average Bonchev–Trinajstić information content (AvgIpc) is 3.68. The summed E-state index contributed by atoms with van der Waals surface area (Å²) in [5.74, 6) is 0.549. The summed E-state index contributed by atoms with van der Waals surface area (Å²) >= 11 is 5.79. The highest BCUT2D eigenvalue weighted by atomic mass is 35.5. The zero-order chi connectivity index (χ0) is 23.0. The Labute approximate surface area is 202 Å². The maximum Gasteiger partial charge on any atom is 0.285 e. The number of ether oxygens (including phenoxy) is 1. The highest BCUT2D eigenvalue weighted by Gasteiger charge is 2.34. The molecule has 3 fully saturated rings. The largest absolute Gasteiger partial charge is 0.381 e. The maximum atomic E-state index is 11.6. The lowest BCUT2D eigenvalue weighted by molar-refractivity contribution is 0.142.